The quantitative estimate of drug-likeness (QED) is 0.505. The van der Waals surface area contributed by atoms with Crippen LogP contribution in [0.1, 0.15) is 32.1 Å². The van der Waals surface area contributed by atoms with Gasteiger partial charge in [0.15, 0.2) is 0 Å². The van der Waals surface area contributed by atoms with E-state index < -0.39 is 18.5 Å². The summed E-state index contributed by atoms with van der Waals surface area (Å²) >= 11 is 0. The highest BCUT2D eigenvalue weighted by molar-refractivity contribution is 8.77. The molecule has 5 nitrogen and oxygen atoms in total. The second kappa shape index (κ2) is 10.7. The molecule has 1 aliphatic heterocycles. The normalized spacial score (nSPS) is 18.3. The van der Waals surface area contributed by atoms with E-state index in [1.165, 1.54) is 18.6 Å². The lowest BCUT2D eigenvalue weighted by molar-refractivity contribution is -0.140. The van der Waals surface area contributed by atoms with Gasteiger partial charge in [-0.2, -0.15) is 0 Å². The number of carboxylic acids is 2. The minimum Gasteiger partial charge on any atom is -0.481 e. The van der Waals surface area contributed by atoms with Crippen LogP contribution in [0.5, 0.6) is 0 Å². The van der Waals surface area contributed by atoms with Crippen LogP contribution in [0.2, 0.25) is 0 Å². The lowest BCUT2D eigenvalue weighted by Gasteiger charge is -2.04. The van der Waals surface area contributed by atoms with Gasteiger partial charge in [-0.25, -0.2) is 4.79 Å². The van der Waals surface area contributed by atoms with Crippen LogP contribution < -0.4 is 0 Å². The lowest BCUT2D eigenvalue weighted by atomic mass is 10.1. The van der Waals surface area contributed by atoms with Crippen LogP contribution in [-0.2, 0) is 9.59 Å². The maximum absolute atomic E-state index is 10.2. The Bertz CT molecular complexity index is 229. The van der Waals surface area contributed by atoms with E-state index in [0.29, 0.717) is 6.42 Å². The number of aliphatic hydroxyl groups is 1. The van der Waals surface area contributed by atoms with Crippen molar-refractivity contribution in [2.45, 2.75) is 37.4 Å². The van der Waals surface area contributed by atoms with Crippen LogP contribution in [0.25, 0.3) is 0 Å². The molecule has 0 bridgehead atoms. The Morgan fingerprint density at radius 1 is 1.18 bits per heavy atom. The van der Waals surface area contributed by atoms with Crippen molar-refractivity contribution in [3.05, 3.63) is 0 Å². The summed E-state index contributed by atoms with van der Waals surface area (Å²) in [6.07, 6.45) is 4.76. The molecule has 1 aliphatic rings. The summed E-state index contributed by atoms with van der Waals surface area (Å²) < 4.78 is 0. The standard InChI is InChI=1S/C8H14O2S2.C2H4O3/c9-8(10)4-2-1-3-7-5-6-11-12-7;3-1-2(4)5/h7H,1-6H2,(H,9,10);3H,1H2,(H,4,5). The van der Waals surface area contributed by atoms with Crippen molar-refractivity contribution in [3.63, 3.8) is 0 Å². The van der Waals surface area contributed by atoms with Crippen LogP contribution in [0.4, 0.5) is 0 Å². The predicted octanol–water partition coefficient (Wildman–Crippen LogP) is 1.85. The Morgan fingerprint density at radius 3 is 2.24 bits per heavy atom. The molecule has 0 aromatic heterocycles. The van der Waals surface area contributed by atoms with Crippen molar-refractivity contribution >= 4 is 33.5 Å². The molecule has 17 heavy (non-hydrogen) atoms. The molecule has 1 unspecified atom stereocenters. The number of hydrogen-bond acceptors (Lipinski definition) is 5. The Morgan fingerprint density at radius 2 is 1.82 bits per heavy atom. The topological polar surface area (TPSA) is 94.8 Å². The minimum absolute atomic E-state index is 0.338. The Hall–Kier alpha value is -0.400. The fourth-order valence-electron chi connectivity index (χ4n) is 1.21. The van der Waals surface area contributed by atoms with Gasteiger partial charge in [0, 0.05) is 17.4 Å². The number of hydrogen-bond donors (Lipinski definition) is 3. The fourth-order valence-corrected chi connectivity index (χ4v) is 4.24. The van der Waals surface area contributed by atoms with Crippen molar-refractivity contribution in [1.82, 2.24) is 0 Å². The molecule has 0 aliphatic carbocycles. The van der Waals surface area contributed by atoms with Crippen LogP contribution in [-0.4, -0.2) is 44.9 Å². The van der Waals surface area contributed by atoms with Gasteiger partial charge in [-0.1, -0.05) is 28.0 Å². The van der Waals surface area contributed by atoms with Gasteiger partial charge in [-0.3, -0.25) is 4.79 Å². The molecule has 100 valence electrons. The molecule has 0 radical (unpaired) electrons. The van der Waals surface area contributed by atoms with Crippen LogP contribution >= 0.6 is 21.6 Å². The van der Waals surface area contributed by atoms with E-state index in [4.69, 9.17) is 20.1 Å². The highest BCUT2D eigenvalue weighted by Crippen LogP contribution is 2.39. The summed E-state index contributed by atoms with van der Waals surface area (Å²) in [7, 11) is 3.92. The highest BCUT2D eigenvalue weighted by Gasteiger charge is 2.15. The number of carbonyl (C=O) groups is 2. The summed E-state index contributed by atoms with van der Waals surface area (Å²) in [6, 6.07) is 0. The summed E-state index contributed by atoms with van der Waals surface area (Å²) in [5.41, 5.74) is 0. The van der Waals surface area contributed by atoms with Gasteiger partial charge in [0.1, 0.15) is 6.61 Å². The zero-order valence-electron chi connectivity index (χ0n) is 9.50. The van der Waals surface area contributed by atoms with Gasteiger partial charge in [0.25, 0.3) is 0 Å². The Kier molecular flexibility index (Phi) is 10.5. The van der Waals surface area contributed by atoms with Gasteiger partial charge in [0.05, 0.1) is 0 Å². The fraction of sp³-hybridized carbons (Fsp3) is 0.800. The van der Waals surface area contributed by atoms with Crippen molar-refractivity contribution in [2.24, 2.45) is 0 Å². The molecular weight excluding hydrogens is 264 g/mol. The molecule has 7 heteroatoms. The van der Waals surface area contributed by atoms with E-state index >= 15 is 0 Å². The maximum atomic E-state index is 10.2. The first-order chi connectivity index (χ1) is 8.06. The molecule has 3 N–H and O–H groups in total. The molecule has 1 saturated heterocycles. The number of aliphatic carboxylic acids is 2. The molecule has 0 saturated carbocycles. The number of unbranched alkanes of at least 4 members (excludes halogenated alkanes) is 1. The van der Waals surface area contributed by atoms with E-state index in [2.05, 4.69) is 0 Å². The smallest absolute Gasteiger partial charge is 0.329 e. The van der Waals surface area contributed by atoms with Crippen LogP contribution in [0.15, 0.2) is 0 Å². The first-order valence-corrected chi connectivity index (χ1v) is 7.77. The summed E-state index contributed by atoms with van der Waals surface area (Å²) in [5, 5.41) is 24.2. The van der Waals surface area contributed by atoms with E-state index in [-0.39, 0.29) is 0 Å². The Labute approximate surface area is 108 Å². The van der Waals surface area contributed by atoms with Crippen molar-refractivity contribution in [2.75, 3.05) is 12.4 Å². The molecule has 0 aromatic carbocycles. The third-order valence-electron chi connectivity index (χ3n) is 2.03. The molecule has 1 heterocycles. The van der Waals surface area contributed by atoms with E-state index in [1.807, 2.05) is 21.6 Å². The van der Waals surface area contributed by atoms with Crippen LogP contribution in [0.3, 0.4) is 0 Å². The molecule has 0 spiro atoms. The highest BCUT2D eigenvalue weighted by atomic mass is 33.1. The van der Waals surface area contributed by atoms with Crippen molar-refractivity contribution in [3.8, 4) is 0 Å². The van der Waals surface area contributed by atoms with Crippen molar-refractivity contribution in [1.29, 1.82) is 0 Å². The summed E-state index contributed by atoms with van der Waals surface area (Å²) in [6.45, 7) is -0.778. The van der Waals surface area contributed by atoms with Gasteiger partial charge < -0.3 is 15.3 Å². The van der Waals surface area contributed by atoms with Crippen LogP contribution in [0, 0.1) is 0 Å². The second-order valence-electron chi connectivity index (χ2n) is 3.52. The molecule has 1 atom stereocenters. The van der Waals surface area contributed by atoms with Gasteiger partial charge in [-0.05, 0) is 19.3 Å². The average Bonchev–Trinajstić information content (AvgIpc) is 2.78. The summed E-state index contributed by atoms with van der Waals surface area (Å²) in [4.78, 5) is 19.3. The van der Waals surface area contributed by atoms with Crippen molar-refractivity contribution < 1.29 is 24.9 Å². The van der Waals surface area contributed by atoms with Gasteiger partial charge in [0.2, 0.25) is 0 Å². The maximum Gasteiger partial charge on any atom is 0.329 e. The zero-order valence-corrected chi connectivity index (χ0v) is 11.1. The number of carboxylic acid groups (broad SMARTS) is 2. The molecular formula is C10H18O5S2. The molecule has 1 fully saturated rings. The number of aliphatic hydroxyl groups excluding tert-OH is 1. The zero-order chi connectivity index (χ0) is 13.1. The SMILES string of the molecule is O=C(O)CCCCC1CCSS1.O=C(O)CO. The monoisotopic (exact) mass is 282 g/mol. The predicted molar refractivity (Wildman–Crippen MR) is 69.3 cm³/mol. The molecule has 0 amide bonds. The summed E-state index contributed by atoms with van der Waals surface area (Å²) in [5.74, 6) is -0.581. The second-order valence-corrected chi connectivity index (χ2v) is 6.31. The first-order valence-electron chi connectivity index (χ1n) is 5.39. The molecule has 0 aromatic rings. The van der Waals surface area contributed by atoms with E-state index in [1.54, 1.807) is 0 Å². The Balaban J connectivity index is 0.000000437. The third kappa shape index (κ3) is 11.9. The van der Waals surface area contributed by atoms with Gasteiger partial charge in [-0.15, -0.1) is 0 Å². The largest absolute Gasteiger partial charge is 0.481 e. The van der Waals surface area contributed by atoms with E-state index in [9.17, 15) is 4.79 Å². The number of rotatable bonds is 6. The molecule has 1 rings (SSSR count). The lowest BCUT2D eigenvalue weighted by Crippen LogP contribution is -1.99. The van der Waals surface area contributed by atoms with E-state index in [0.717, 1.165) is 18.1 Å². The first kappa shape index (κ1) is 16.6. The average molecular weight is 282 g/mol. The van der Waals surface area contributed by atoms with Gasteiger partial charge >= 0.3 is 11.9 Å². The third-order valence-corrected chi connectivity index (χ3v) is 5.04. The minimum atomic E-state index is -1.19.